The van der Waals surface area contributed by atoms with Crippen LogP contribution in [0.25, 0.3) is 0 Å². The van der Waals surface area contributed by atoms with Gasteiger partial charge in [-0.2, -0.15) is 0 Å². The van der Waals surface area contributed by atoms with Crippen molar-refractivity contribution in [3.63, 3.8) is 0 Å². The fourth-order valence-corrected chi connectivity index (χ4v) is 1.27. The van der Waals surface area contributed by atoms with E-state index in [2.05, 4.69) is 15.4 Å². The van der Waals surface area contributed by atoms with E-state index in [0.717, 1.165) is 12.8 Å². The number of nitrogens with one attached hydrogen (secondary N) is 2. The van der Waals surface area contributed by atoms with Gasteiger partial charge in [-0.25, -0.2) is 0 Å². The van der Waals surface area contributed by atoms with E-state index in [1.807, 2.05) is 0 Å². The average Bonchev–Trinajstić information content (AvgIpc) is 2.23. The number of hydrogen-bond acceptors (Lipinski definition) is 4. The Morgan fingerprint density at radius 3 is 2.56 bits per heavy atom. The lowest BCUT2D eigenvalue weighted by atomic mass is 10.1. The van der Waals surface area contributed by atoms with Gasteiger partial charge in [-0.15, -0.1) is 0 Å². The minimum Gasteiger partial charge on any atom is -0.480 e. The molecule has 0 aliphatic heterocycles. The summed E-state index contributed by atoms with van der Waals surface area (Å²) in [5.74, 6) is -0.989. The molecule has 0 aliphatic rings. The summed E-state index contributed by atoms with van der Waals surface area (Å²) < 4.78 is 4.65. The van der Waals surface area contributed by atoms with Gasteiger partial charge in [0.25, 0.3) is 0 Å². The number of carbonyl (C=O) groups excluding carboxylic acids is 1. The molecule has 0 aromatic carbocycles. The molecule has 1 amide bonds. The van der Waals surface area contributed by atoms with Crippen molar-refractivity contribution < 1.29 is 19.4 Å². The van der Waals surface area contributed by atoms with Crippen LogP contribution in [0, 0.1) is 0 Å². The Morgan fingerprint density at radius 2 is 2.06 bits per heavy atom. The number of carbonyl (C=O) groups is 2. The van der Waals surface area contributed by atoms with Crippen LogP contribution in [0.4, 0.5) is 0 Å². The number of hydrogen-bond donors (Lipinski definition) is 3. The first-order chi connectivity index (χ1) is 7.61. The maximum absolute atomic E-state index is 11.0. The van der Waals surface area contributed by atoms with Crippen LogP contribution in [0.2, 0.25) is 0 Å². The predicted molar refractivity (Wildman–Crippen MR) is 59.2 cm³/mol. The van der Waals surface area contributed by atoms with E-state index < -0.39 is 12.0 Å². The monoisotopic (exact) mass is 232 g/mol. The summed E-state index contributed by atoms with van der Waals surface area (Å²) in [4.78, 5) is 21.6. The van der Waals surface area contributed by atoms with Crippen molar-refractivity contribution in [3.8, 4) is 0 Å². The number of likely N-dealkylation sites (N-methyl/N-ethyl adjacent to an activating group) is 1. The molecule has 0 rings (SSSR count). The molecule has 0 saturated carbocycles. The van der Waals surface area contributed by atoms with Gasteiger partial charge in [-0.05, 0) is 26.3 Å². The highest BCUT2D eigenvalue weighted by Gasteiger charge is 2.13. The van der Waals surface area contributed by atoms with Crippen LogP contribution in [-0.2, 0) is 14.3 Å². The van der Waals surface area contributed by atoms with E-state index in [1.165, 1.54) is 7.11 Å². The van der Waals surface area contributed by atoms with Crippen molar-refractivity contribution in [1.82, 2.24) is 10.6 Å². The van der Waals surface area contributed by atoms with Crippen molar-refractivity contribution >= 4 is 11.9 Å². The third kappa shape index (κ3) is 7.19. The van der Waals surface area contributed by atoms with E-state index in [1.54, 1.807) is 7.05 Å². The lowest BCUT2D eigenvalue weighted by Gasteiger charge is -2.10. The molecule has 0 fully saturated rings. The van der Waals surface area contributed by atoms with Gasteiger partial charge in [0.2, 0.25) is 5.91 Å². The van der Waals surface area contributed by atoms with Crippen LogP contribution in [0.3, 0.4) is 0 Å². The molecule has 0 heterocycles. The third-order valence-corrected chi connectivity index (χ3v) is 2.16. The first-order valence-electron chi connectivity index (χ1n) is 5.27. The summed E-state index contributed by atoms with van der Waals surface area (Å²) in [7, 11) is 3.09. The fourth-order valence-electron chi connectivity index (χ4n) is 1.27. The van der Waals surface area contributed by atoms with E-state index in [9.17, 15) is 9.59 Å². The zero-order valence-corrected chi connectivity index (χ0v) is 9.78. The Kier molecular flexibility index (Phi) is 8.46. The molecule has 0 bridgehead atoms. The molecule has 1 unspecified atom stereocenters. The second-order valence-corrected chi connectivity index (χ2v) is 3.46. The van der Waals surface area contributed by atoms with Gasteiger partial charge in [-0.1, -0.05) is 0 Å². The fraction of sp³-hybridized carbons (Fsp3) is 0.800. The van der Waals surface area contributed by atoms with Crippen molar-refractivity contribution in [3.05, 3.63) is 0 Å². The zero-order chi connectivity index (χ0) is 12.4. The zero-order valence-electron chi connectivity index (χ0n) is 9.78. The van der Waals surface area contributed by atoms with Crippen LogP contribution >= 0.6 is 0 Å². The largest absolute Gasteiger partial charge is 0.480 e. The smallest absolute Gasteiger partial charge is 0.320 e. The van der Waals surface area contributed by atoms with Crippen LogP contribution in [0.5, 0.6) is 0 Å². The van der Waals surface area contributed by atoms with Gasteiger partial charge in [0, 0.05) is 13.7 Å². The van der Waals surface area contributed by atoms with Crippen LogP contribution in [-0.4, -0.2) is 50.3 Å². The van der Waals surface area contributed by atoms with E-state index in [-0.39, 0.29) is 12.5 Å². The third-order valence-electron chi connectivity index (χ3n) is 2.16. The van der Waals surface area contributed by atoms with Gasteiger partial charge < -0.3 is 20.5 Å². The van der Waals surface area contributed by atoms with Crippen LogP contribution < -0.4 is 10.6 Å². The molecule has 0 aromatic heterocycles. The second-order valence-electron chi connectivity index (χ2n) is 3.46. The number of amides is 1. The number of ether oxygens (including phenoxy) is 1. The quantitative estimate of drug-likeness (QED) is 0.470. The first-order valence-corrected chi connectivity index (χ1v) is 5.27. The SMILES string of the molecule is CNC(CCCCNC(=O)COC)C(=O)O. The Bertz CT molecular complexity index is 221. The number of aliphatic carboxylic acids is 1. The molecule has 1 atom stereocenters. The maximum atomic E-state index is 11.0. The summed E-state index contributed by atoms with van der Waals surface area (Å²) in [6.45, 7) is 0.618. The molecule has 6 nitrogen and oxygen atoms in total. The first kappa shape index (κ1) is 14.9. The molecule has 0 radical (unpaired) electrons. The minimum atomic E-state index is -0.842. The van der Waals surface area contributed by atoms with Gasteiger partial charge >= 0.3 is 5.97 Å². The van der Waals surface area contributed by atoms with E-state index in [4.69, 9.17) is 5.11 Å². The number of rotatable bonds is 9. The van der Waals surface area contributed by atoms with E-state index in [0.29, 0.717) is 13.0 Å². The molecule has 0 saturated heterocycles. The van der Waals surface area contributed by atoms with Crippen molar-refractivity contribution in [1.29, 1.82) is 0 Å². The highest BCUT2D eigenvalue weighted by molar-refractivity contribution is 5.77. The summed E-state index contributed by atoms with van der Waals surface area (Å²) in [6.07, 6.45) is 2.08. The van der Waals surface area contributed by atoms with Gasteiger partial charge in [0.15, 0.2) is 0 Å². The van der Waals surface area contributed by atoms with Crippen LogP contribution in [0.15, 0.2) is 0 Å². The lowest BCUT2D eigenvalue weighted by Crippen LogP contribution is -2.34. The number of methoxy groups -OCH3 is 1. The lowest BCUT2D eigenvalue weighted by molar-refractivity contribution is -0.139. The van der Waals surface area contributed by atoms with Gasteiger partial charge in [-0.3, -0.25) is 9.59 Å². The summed E-state index contributed by atoms with van der Waals surface area (Å²) in [6, 6.07) is -0.505. The molecule has 0 aromatic rings. The minimum absolute atomic E-state index is 0.0638. The Labute approximate surface area is 95.4 Å². The molecular weight excluding hydrogens is 212 g/mol. The molecule has 3 N–H and O–H groups in total. The normalized spacial score (nSPS) is 12.1. The Balaban J connectivity index is 3.45. The maximum Gasteiger partial charge on any atom is 0.320 e. The van der Waals surface area contributed by atoms with Crippen LogP contribution in [0.1, 0.15) is 19.3 Å². The summed E-state index contributed by atoms with van der Waals surface area (Å²) in [5, 5.41) is 14.1. The predicted octanol–water partition coefficient (Wildman–Crippen LogP) is -0.408. The summed E-state index contributed by atoms with van der Waals surface area (Å²) >= 11 is 0. The van der Waals surface area contributed by atoms with Crippen molar-refractivity contribution in [2.24, 2.45) is 0 Å². The number of carboxylic acid groups (broad SMARTS) is 1. The number of carboxylic acids is 1. The topological polar surface area (TPSA) is 87.7 Å². The molecule has 0 aliphatic carbocycles. The Hall–Kier alpha value is -1.14. The molecule has 6 heteroatoms. The van der Waals surface area contributed by atoms with Crippen molar-refractivity contribution in [2.45, 2.75) is 25.3 Å². The molecular formula is C10H20N2O4. The molecule has 16 heavy (non-hydrogen) atoms. The molecule has 0 spiro atoms. The highest BCUT2D eigenvalue weighted by atomic mass is 16.5. The van der Waals surface area contributed by atoms with E-state index >= 15 is 0 Å². The number of unbranched alkanes of at least 4 members (excludes halogenated alkanes) is 1. The average molecular weight is 232 g/mol. The van der Waals surface area contributed by atoms with Crippen molar-refractivity contribution in [2.75, 3.05) is 27.3 Å². The molecule has 94 valence electrons. The highest BCUT2D eigenvalue weighted by Crippen LogP contribution is 2.00. The summed E-state index contributed by atoms with van der Waals surface area (Å²) in [5.41, 5.74) is 0. The Morgan fingerprint density at radius 1 is 1.38 bits per heavy atom. The van der Waals surface area contributed by atoms with Gasteiger partial charge in [0.05, 0.1) is 0 Å². The standard InChI is InChI=1S/C10H20N2O4/c1-11-8(10(14)15)5-3-4-6-12-9(13)7-16-2/h8,11H,3-7H2,1-2H3,(H,12,13)(H,14,15). The van der Waals surface area contributed by atoms with Gasteiger partial charge in [0.1, 0.15) is 12.6 Å². The second kappa shape index (κ2) is 9.11.